The van der Waals surface area contributed by atoms with Crippen LogP contribution in [0.3, 0.4) is 0 Å². The van der Waals surface area contributed by atoms with E-state index in [0.717, 1.165) is 5.69 Å². The Bertz CT molecular complexity index is 624. The van der Waals surface area contributed by atoms with Crippen LogP contribution < -0.4 is 14.8 Å². The molecule has 0 aliphatic rings. The third kappa shape index (κ3) is 4.26. The van der Waals surface area contributed by atoms with E-state index in [2.05, 4.69) is 5.32 Å². The van der Waals surface area contributed by atoms with Gasteiger partial charge in [0, 0.05) is 31.5 Å². The molecule has 1 atom stereocenters. The highest BCUT2D eigenvalue weighted by Crippen LogP contribution is 2.18. The normalized spacial score (nSPS) is 11.8. The fraction of sp³-hybridized carbons (Fsp3) is 0.312. The van der Waals surface area contributed by atoms with Gasteiger partial charge in [-0.25, -0.2) is 0 Å². The summed E-state index contributed by atoms with van der Waals surface area (Å²) < 4.78 is 12.3. The van der Waals surface area contributed by atoms with Gasteiger partial charge >= 0.3 is 0 Å². The minimum atomic E-state index is -0.749. The highest BCUT2D eigenvalue weighted by Gasteiger charge is 2.12. The number of nitrogens with zero attached hydrogens (tertiary/aromatic N) is 1. The number of carbonyl (C=O) groups excluding carboxylic acids is 1. The smallest absolute Gasteiger partial charge is 0.258 e. The summed E-state index contributed by atoms with van der Waals surface area (Å²) in [6.45, 7) is 0.0190. The molecule has 0 bridgehead atoms. The maximum atomic E-state index is 11.7. The van der Waals surface area contributed by atoms with Crippen molar-refractivity contribution in [2.24, 2.45) is 7.05 Å². The van der Waals surface area contributed by atoms with E-state index in [1.807, 2.05) is 29.9 Å². The number of aliphatic hydroxyl groups is 1. The number of benzene rings is 1. The Morgan fingerprint density at radius 2 is 2.09 bits per heavy atom. The van der Waals surface area contributed by atoms with Gasteiger partial charge in [-0.05, 0) is 24.3 Å². The van der Waals surface area contributed by atoms with Crippen molar-refractivity contribution < 1.29 is 19.4 Å². The number of ether oxygens (including phenoxy) is 2. The molecule has 1 unspecified atom stereocenters. The summed E-state index contributed by atoms with van der Waals surface area (Å²) in [7, 11) is 3.41. The zero-order valence-electron chi connectivity index (χ0n) is 12.7. The lowest BCUT2D eigenvalue weighted by Crippen LogP contribution is -2.32. The van der Waals surface area contributed by atoms with Gasteiger partial charge in [0.1, 0.15) is 17.6 Å². The third-order valence-electron chi connectivity index (χ3n) is 3.23. The number of amides is 1. The summed E-state index contributed by atoms with van der Waals surface area (Å²) >= 11 is 0. The van der Waals surface area contributed by atoms with E-state index in [1.54, 1.807) is 31.4 Å². The van der Waals surface area contributed by atoms with Crippen molar-refractivity contribution in [2.45, 2.75) is 6.10 Å². The maximum absolute atomic E-state index is 11.7. The Morgan fingerprint density at radius 3 is 2.77 bits per heavy atom. The molecule has 0 fully saturated rings. The van der Waals surface area contributed by atoms with Gasteiger partial charge in [0.05, 0.1) is 7.11 Å². The summed E-state index contributed by atoms with van der Waals surface area (Å²) in [5.41, 5.74) is 0.744. The molecule has 2 rings (SSSR count). The Hall–Kier alpha value is -2.47. The van der Waals surface area contributed by atoms with Crippen LogP contribution in [0.15, 0.2) is 42.6 Å². The fourth-order valence-corrected chi connectivity index (χ4v) is 2.03. The molecule has 1 heterocycles. The molecule has 0 radical (unpaired) electrons. The van der Waals surface area contributed by atoms with E-state index in [9.17, 15) is 9.90 Å². The maximum Gasteiger partial charge on any atom is 0.258 e. The van der Waals surface area contributed by atoms with E-state index in [0.29, 0.717) is 11.5 Å². The van der Waals surface area contributed by atoms with Crippen LogP contribution in [0.5, 0.6) is 11.5 Å². The molecule has 0 aliphatic carbocycles. The highest BCUT2D eigenvalue weighted by molar-refractivity contribution is 5.77. The molecular weight excluding hydrogens is 284 g/mol. The van der Waals surface area contributed by atoms with Crippen molar-refractivity contribution in [2.75, 3.05) is 20.3 Å². The van der Waals surface area contributed by atoms with Gasteiger partial charge < -0.3 is 24.5 Å². The molecule has 0 aliphatic heterocycles. The predicted octanol–water partition coefficient (Wildman–Crippen LogP) is 1.26. The number of hydrogen-bond donors (Lipinski definition) is 2. The van der Waals surface area contributed by atoms with Crippen molar-refractivity contribution in [3.8, 4) is 11.5 Å². The molecular formula is C16H20N2O4. The third-order valence-corrected chi connectivity index (χ3v) is 3.23. The Labute approximate surface area is 129 Å². The predicted molar refractivity (Wildman–Crippen MR) is 81.9 cm³/mol. The number of aliphatic hydroxyl groups excluding tert-OH is 1. The van der Waals surface area contributed by atoms with Crippen LogP contribution in [0.2, 0.25) is 0 Å². The van der Waals surface area contributed by atoms with Gasteiger partial charge in [-0.1, -0.05) is 6.07 Å². The number of hydrogen-bond acceptors (Lipinski definition) is 4. The lowest BCUT2D eigenvalue weighted by atomic mass is 10.2. The monoisotopic (exact) mass is 304 g/mol. The summed E-state index contributed by atoms with van der Waals surface area (Å²) in [6.07, 6.45) is 1.09. The molecule has 0 saturated carbocycles. The topological polar surface area (TPSA) is 72.7 Å². The zero-order valence-corrected chi connectivity index (χ0v) is 12.7. The molecule has 22 heavy (non-hydrogen) atoms. The molecule has 0 saturated heterocycles. The first-order valence-corrected chi connectivity index (χ1v) is 6.93. The molecule has 0 spiro atoms. The van der Waals surface area contributed by atoms with Crippen LogP contribution in [0.25, 0.3) is 0 Å². The molecule has 118 valence electrons. The molecule has 6 heteroatoms. The number of aryl methyl sites for hydroxylation is 1. The van der Waals surface area contributed by atoms with Crippen LogP contribution in [-0.4, -0.2) is 35.8 Å². The first-order chi connectivity index (χ1) is 10.6. The molecule has 6 nitrogen and oxygen atoms in total. The average Bonchev–Trinajstić information content (AvgIpc) is 2.97. The molecule has 2 N–H and O–H groups in total. The number of methoxy groups -OCH3 is 1. The van der Waals surface area contributed by atoms with Crippen molar-refractivity contribution in [3.63, 3.8) is 0 Å². The lowest BCUT2D eigenvalue weighted by molar-refractivity contribution is -0.123. The Morgan fingerprint density at radius 1 is 1.32 bits per heavy atom. The zero-order chi connectivity index (χ0) is 15.9. The molecule has 1 amide bonds. The quantitative estimate of drug-likeness (QED) is 0.808. The second kappa shape index (κ2) is 7.51. The minimum Gasteiger partial charge on any atom is -0.497 e. The van der Waals surface area contributed by atoms with Crippen molar-refractivity contribution in [3.05, 3.63) is 48.3 Å². The van der Waals surface area contributed by atoms with Crippen LogP contribution in [0.4, 0.5) is 0 Å². The van der Waals surface area contributed by atoms with Crippen LogP contribution in [-0.2, 0) is 11.8 Å². The van der Waals surface area contributed by atoms with Crippen molar-refractivity contribution in [1.82, 2.24) is 9.88 Å². The van der Waals surface area contributed by atoms with Gasteiger partial charge in [0.15, 0.2) is 6.61 Å². The average molecular weight is 304 g/mol. The Balaban J connectivity index is 1.77. The standard InChI is InChI=1S/C16H20N2O4/c1-18-8-4-7-14(18)15(19)10-17-16(20)11-22-13-6-3-5-12(9-13)21-2/h3-9,15,19H,10-11H2,1-2H3,(H,17,20). The van der Waals surface area contributed by atoms with Crippen LogP contribution in [0.1, 0.15) is 11.8 Å². The van der Waals surface area contributed by atoms with Crippen LogP contribution >= 0.6 is 0 Å². The van der Waals surface area contributed by atoms with E-state index >= 15 is 0 Å². The molecule has 2 aromatic rings. The number of aromatic nitrogens is 1. The molecule has 1 aromatic carbocycles. The lowest BCUT2D eigenvalue weighted by Gasteiger charge is -2.13. The fourth-order valence-electron chi connectivity index (χ4n) is 2.03. The number of nitrogens with one attached hydrogen (secondary N) is 1. The SMILES string of the molecule is COc1cccc(OCC(=O)NCC(O)c2cccn2C)c1. The van der Waals surface area contributed by atoms with E-state index in [4.69, 9.17) is 9.47 Å². The first-order valence-electron chi connectivity index (χ1n) is 6.93. The highest BCUT2D eigenvalue weighted by atomic mass is 16.5. The summed E-state index contributed by atoms with van der Waals surface area (Å²) in [5, 5.41) is 12.6. The van der Waals surface area contributed by atoms with Gasteiger partial charge in [-0.3, -0.25) is 4.79 Å². The van der Waals surface area contributed by atoms with E-state index in [-0.39, 0.29) is 19.1 Å². The van der Waals surface area contributed by atoms with E-state index in [1.165, 1.54) is 0 Å². The second-order valence-electron chi connectivity index (χ2n) is 4.83. The van der Waals surface area contributed by atoms with Crippen LogP contribution in [0, 0.1) is 0 Å². The molecule has 1 aromatic heterocycles. The second-order valence-corrected chi connectivity index (χ2v) is 4.83. The minimum absolute atomic E-state index is 0.118. The summed E-state index contributed by atoms with van der Waals surface area (Å²) in [5.74, 6) is 0.922. The van der Waals surface area contributed by atoms with Gasteiger partial charge in [0.2, 0.25) is 0 Å². The Kier molecular flexibility index (Phi) is 5.43. The van der Waals surface area contributed by atoms with Crippen molar-refractivity contribution in [1.29, 1.82) is 0 Å². The number of rotatable bonds is 7. The van der Waals surface area contributed by atoms with Gasteiger partial charge in [-0.2, -0.15) is 0 Å². The summed E-state index contributed by atoms with van der Waals surface area (Å²) in [6, 6.07) is 10.7. The number of carbonyl (C=O) groups is 1. The van der Waals surface area contributed by atoms with Gasteiger partial charge in [0.25, 0.3) is 5.91 Å². The first kappa shape index (κ1) is 15.9. The van der Waals surface area contributed by atoms with Crippen molar-refractivity contribution >= 4 is 5.91 Å². The summed E-state index contributed by atoms with van der Waals surface area (Å²) in [4.78, 5) is 11.7. The van der Waals surface area contributed by atoms with Gasteiger partial charge in [-0.15, -0.1) is 0 Å². The van der Waals surface area contributed by atoms with E-state index < -0.39 is 6.10 Å². The largest absolute Gasteiger partial charge is 0.497 e.